The normalized spacial score (nSPS) is 34.6. The molecular formula is C35H67N2O8PSi4. The average Bonchev–Trinajstić information content (AvgIpc) is 3.19. The zero-order valence-electron chi connectivity index (χ0n) is 33.9. The first-order valence-corrected chi connectivity index (χ1v) is 33.5. The van der Waals surface area contributed by atoms with Gasteiger partial charge in [0, 0.05) is 16.9 Å². The summed E-state index contributed by atoms with van der Waals surface area (Å²) in [6, 6.07) is 0. The maximum atomic E-state index is 14.4. The Morgan fingerprint density at radius 2 is 1.50 bits per heavy atom. The standard InChI is InChI=1S/C35H67N2O8PSi4/c1-33-21-19-27(36-39-3)23-26(33)17-18-28-29-20-22-35(43-48(8,9)10,34(29,2)24-30(32(28)33)42-47(5,6)7)31(37-40-4)25-41-46(38,44-49(11,12)13)45-50(14,15)16/h19,21,23,28-30,32H,17-18,20,22,24-25H2,1-16H3/b36-27-,37-31-/t28-,29-,30-,32+,33-,34-,35-/m0/s1. The molecule has 3 fully saturated rings. The highest BCUT2D eigenvalue weighted by Gasteiger charge is 2.70. The lowest BCUT2D eigenvalue weighted by Gasteiger charge is -2.62. The summed E-state index contributed by atoms with van der Waals surface area (Å²) in [5.74, 6) is 1.04. The molecule has 4 aliphatic carbocycles. The highest BCUT2D eigenvalue weighted by atomic mass is 31.2. The second-order valence-electron chi connectivity index (χ2n) is 19.1. The Bertz CT molecular complexity index is 1350. The molecule has 0 aromatic rings. The van der Waals surface area contributed by atoms with Gasteiger partial charge in [-0.3, -0.25) is 0 Å². The van der Waals surface area contributed by atoms with Crippen LogP contribution in [0.4, 0.5) is 0 Å². The van der Waals surface area contributed by atoms with Gasteiger partial charge in [0.05, 0.1) is 0 Å². The van der Waals surface area contributed by atoms with Crippen molar-refractivity contribution in [2.24, 2.45) is 38.9 Å². The number of nitrogens with zero attached hydrogens (tertiary/aromatic N) is 2. The van der Waals surface area contributed by atoms with E-state index in [-0.39, 0.29) is 23.5 Å². The van der Waals surface area contributed by atoms with E-state index in [1.54, 1.807) is 14.2 Å². The van der Waals surface area contributed by atoms with Gasteiger partial charge in [-0.25, -0.2) is 8.43 Å². The lowest BCUT2D eigenvalue weighted by molar-refractivity contribution is -0.231. The van der Waals surface area contributed by atoms with Crippen molar-refractivity contribution in [3.05, 3.63) is 23.8 Å². The van der Waals surface area contributed by atoms with Crippen LogP contribution in [-0.2, 0) is 31.5 Å². The van der Waals surface area contributed by atoms with Crippen LogP contribution in [0.25, 0.3) is 0 Å². The molecule has 0 bridgehead atoms. The lowest BCUT2D eigenvalue weighted by Crippen LogP contribution is -2.65. The molecule has 50 heavy (non-hydrogen) atoms. The summed E-state index contributed by atoms with van der Waals surface area (Å²) in [5.41, 5.74) is 1.55. The van der Waals surface area contributed by atoms with E-state index < -0.39 is 47.0 Å². The van der Waals surface area contributed by atoms with Crippen LogP contribution in [0.3, 0.4) is 0 Å². The Labute approximate surface area is 307 Å². The lowest BCUT2D eigenvalue weighted by atomic mass is 9.46. The summed E-state index contributed by atoms with van der Waals surface area (Å²) < 4.78 is 33.5. The van der Waals surface area contributed by atoms with Crippen LogP contribution < -0.4 is 4.89 Å². The number of fused-ring (bicyclic) bond motifs is 5. The molecule has 4 rings (SSSR count). The summed E-state index contributed by atoms with van der Waals surface area (Å²) >= 11 is 0. The zero-order valence-corrected chi connectivity index (χ0v) is 38.8. The van der Waals surface area contributed by atoms with Gasteiger partial charge in [0.1, 0.15) is 37.9 Å². The van der Waals surface area contributed by atoms with Crippen molar-refractivity contribution in [2.75, 3.05) is 20.8 Å². The summed E-state index contributed by atoms with van der Waals surface area (Å²) in [7, 11) is -9.62. The molecule has 3 saturated carbocycles. The van der Waals surface area contributed by atoms with E-state index >= 15 is 0 Å². The van der Waals surface area contributed by atoms with Crippen LogP contribution >= 0.6 is 8.17 Å². The monoisotopic (exact) mass is 786 g/mol. The number of oxime groups is 2. The quantitative estimate of drug-likeness (QED) is 0.0743. The van der Waals surface area contributed by atoms with Gasteiger partial charge in [0.15, 0.2) is 16.6 Å². The number of hydrogen-bond acceptors (Lipinski definition) is 10. The molecule has 0 aromatic carbocycles. The van der Waals surface area contributed by atoms with Crippen molar-refractivity contribution in [3.8, 4) is 0 Å². The van der Waals surface area contributed by atoms with Crippen molar-refractivity contribution in [2.45, 2.75) is 136 Å². The highest BCUT2D eigenvalue weighted by molar-refractivity contribution is 7.57. The average molecular weight is 787 g/mol. The first-order valence-electron chi connectivity index (χ1n) is 18.4. The minimum atomic E-state index is -3.93. The van der Waals surface area contributed by atoms with Crippen LogP contribution in [0.2, 0.25) is 78.6 Å². The third-order valence-electron chi connectivity index (χ3n) is 10.6. The fourth-order valence-electron chi connectivity index (χ4n) is 9.45. The minimum absolute atomic E-state index is 0.00356. The van der Waals surface area contributed by atoms with Gasteiger partial charge >= 0.3 is 8.17 Å². The number of allylic oxidation sites excluding steroid dienone is 4. The maximum Gasteiger partial charge on any atom is 0.356 e. The van der Waals surface area contributed by atoms with Crippen LogP contribution in [0.1, 0.15) is 46.0 Å². The minimum Gasteiger partial charge on any atom is -0.607 e. The van der Waals surface area contributed by atoms with E-state index in [4.69, 9.17) is 36.6 Å². The molecule has 0 spiro atoms. The van der Waals surface area contributed by atoms with E-state index in [1.165, 1.54) is 5.57 Å². The number of phosphoric acid groups is 1. The molecule has 286 valence electrons. The molecule has 0 radical (unpaired) electrons. The SMILES string of the molecule is CO/N=C1/C=C[C@@]2(C)C(=C1)CC[C@@H]1[C@@H]2[C@@H](O[Si](C)(C)C)C[C@@]2(C)[C@H]1CC[C@]2(O[Si](C)(C)C)/C(CO[P+]([O-])(O[Si](C)(C)C)O[Si](C)(C)C)=N\OC. The Balaban J connectivity index is 1.84. The second-order valence-corrected chi connectivity index (χ2v) is 39.1. The Morgan fingerprint density at radius 3 is 2.02 bits per heavy atom. The number of hydrogen-bond donors (Lipinski definition) is 0. The maximum absolute atomic E-state index is 14.4. The van der Waals surface area contributed by atoms with Crippen LogP contribution in [0.5, 0.6) is 0 Å². The van der Waals surface area contributed by atoms with Crippen molar-refractivity contribution < 1.29 is 36.4 Å². The first-order chi connectivity index (χ1) is 22.7. The van der Waals surface area contributed by atoms with Crippen LogP contribution in [0, 0.1) is 28.6 Å². The largest absolute Gasteiger partial charge is 0.607 e. The summed E-state index contributed by atoms with van der Waals surface area (Å²) in [4.78, 5) is 25.1. The van der Waals surface area contributed by atoms with E-state index in [2.05, 4.69) is 76.5 Å². The van der Waals surface area contributed by atoms with Gasteiger partial charge in [-0.2, -0.15) is 4.52 Å². The summed E-state index contributed by atoms with van der Waals surface area (Å²) in [6.45, 7) is 30.3. The predicted molar refractivity (Wildman–Crippen MR) is 213 cm³/mol. The third kappa shape index (κ3) is 9.22. The van der Waals surface area contributed by atoms with Gasteiger partial charge in [-0.15, -0.1) is 0 Å². The molecule has 0 N–H and O–H groups in total. The van der Waals surface area contributed by atoms with Gasteiger partial charge in [-0.1, -0.05) is 35.8 Å². The summed E-state index contributed by atoms with van der Waals surface area (Å²) in [6.07, 6.45) is 11.3. The van der Waals surface area contributed by atoms with Gasteiger partial charge in [0.2, 0.25) is 16.6 Å². The smallest absolute Gasteiger partial charge is 0.356 e. The molecule has 4 aliphatic rings. The molecule has 0 aliphatic heterocycles. The zero-order chi connectivity index (χ0) is 37.8. The predicted octanol–water partition coefficient (Wildman–Crippen LogP) is 8.91. The topological polar surface area (TPSA) is 112 Å². The van der Waals surface area contributed by atoms with Gasteiger partial charge < -0.3 is 23.4 Å². The Hall–Kier alpha value is -0.522. The van der Waals surface area contributed by atoms with Crippen LogP contribution in [-0.4, -0.2) is 77.2 Å². The van der Waals surface area contributed by atoms with Gasteiger partial charge in [0.25, 0.3) is 0 Å². The van der Waals surface area contributed by atoms with Crippen molar-refractivity contribution in [1.82, 2.24) is 0 Å². The Kier molecular flexibility index (Phi) is 12.3. The molecule has 0 saturated heterocycles. The van der Waals surface area contributed by atoms with E-state index in [1.807, 2.05) is 39.3 Å². The van der Waals surface area contributed by atoms with E-state index in [9.17, 15) is 4.89 Å². The van der Waals surface area contributed by atoms with Crippen molar-refractivity contribution >= 4 is 52.9 Å². The molecule has 0 unspecified atom stereocenters. The van der Waals surface area contributed by atoms with Crippen molar-refractivity contribution in [3.63, 3.8) is 0 Å². The molecule has 15 heteroatoms. The molecule has 0 heterocycles. The summed E-state index contributed by atoms with van der Waals surface area (Å²) in [5, 5.41) is 8.97. The fourth-order valence-corrected chi connectivity index (χ4v) is 18.6. The third-order valence-corrected chi connectivity index (χ3v) is 19.2. The molecular weight excluding hydrogens is 720 g/mol. The molecule has 0 aromatic heterocycles. The fraction of sp³-hybridized carbons (Fsp3) is 0.829. The Morgan fingerprint density at radius 1 is 0.880 bits per heavy atom. The van der Waals surface area contributed by atoms with Crippen LogP contribution in [0.15, 0.2) is 34.1 Å². The van der Waals surface area contributed by atoms with E-state index in [0.717, 1.165) is 37.8 Å². The second kappa shape index (κ2) is 14.6. The van der Waals surface area contributed by atoms with Gasteiger partial charge in [-0.05, 0) is 141 Å². The first kappa shape index (κ1) is 42.2. The number of rotatable bonds is 14. The molecule has 7 atom stereocenters. The van der Waals surface area contributed by atoms with Crippen molar-refractivity contribution in [1.29, 1.82) is 0 Å². The van der Waals surface area contributed by atoms with E-state index in [0.29, 0.717) is 23.5 Å². The molecule has 10 nitrogen and oxygen atoms in total. The highest BCUT2D eigenvalue weighted by Crippen LogP contribution is 2.69. The molecule has 0 amide bonds.